The second-order valence-electron chi connectivity index (χ2n) is 5.54. The molecule has 3 unspecified atom stereocenters. The molecule has 20 heavy (non-hydrogen) atoms. The van der Waals surface area contributed by atoms with Gasteiger partial charge >= 0.3 is 0 Å². The van der Waals surface area contributed by atoms with Crippen molar-refractivity contribution < 1.29 is 8.60 Å². The lowest BCUT2D eigenvalue weighted by Crippen LogP contribution is -2.34. The molecule has 0 saturated carbocycles. The molecule has 0 radical (unpaired) electrons. The third-order valence-corrected chi connectivity index (χ3v) is 6.19. The van der Waals surface area contributed by atoms with Crippen LogP contribution in [0.1, 0.15) is 36.8 Å². The number of nitrogens with zero attached hydrogens (tertiary/aromatic N) is 1. The van der Waals surface area contributed by atoms with Crippen LogP contribution < -0.4 is 0 Å². The van der Waals surface area contributed by atoms with Crippen LogP contribution in [0.2, 0.25) is 0 Å². The summed E-state index contributed by atoms with van der Waals surface area (Å²) < 4.78 is 25.5. The molecule has 1 aromatic carbocycles. The molecule has 0 amide bonds. The van der Waals surface area contributed by atoms with E-state index < -0.39 is 10.8 Å². The third kappa shape index (κ3) is 2.55. The molecule has 3 atom stereocenters. The summed E-state index contributed by atoms with van der Waals surface area (Å²) in [5.74, 6) is -0.306. The van der Waals surface area contributed by atoms with Gasteiger partial charge in [0.25, 0.3) is 0 Å². The van der Waals surface area contributed by atoms with Crippen molar-refractivity contribution in [2.75, 3.05) is 0 Å². The summed E-state index contributed by atoms with van der Waals surface area (Å²) in [6.07, 6.45) is 6.69. The molecule has 3 rings (SSSR count). The van der Waals surface area contributed by atoms with Gasteiger partial charge in [-0.2, -0.15) is 5.26 Å². The molecular formula is C16H16FNOS. The van der Waals surface area contributed by atoms with E-state index >= 15 is 0 Å². The molecule has 4 heteroatoms. The normalized spacial score (nSPS) is 28.6. The van der Waals surface area contributed by atoms with Crippen LogP contribution in [-0.4, -0.2) is 14.7 Å². The van der Waals surface area contributed by atoms with Crippen molar-refractivity contribution in [2.24, 2.45) is 0 Å². The zero-order chi connectivity index (χ0) is 14.1. The lowest BCUT2D eigenvalue weighted by Gasteiger charge is -2.32. The largest absolute Gasteiger partial charge is 0.259 e. The fourth-order valence-electron chi connectivity index (χ4n) is 3.18. The minimum Gasteiger partial charge on any atom is -0.259 e. The monoisotopic (exact) mass is 289 g/mol. The Balaban J connectivity index is 1.87. The zero-order valence-corrected chi connectivity index (χ0v) is 12.0. The van der Waals surface area contributed by atoms with Crippen molar-refractivity contribution in [1.29, 1.82) is 5.26 Å². The minimum atomic E-state index is -0.742. The first-order valence-corrected chi connectivity index (χ1v) is 8.22. The van der Waals surface area contributed by atoms with Crippen LogP contribution in [0.15, 0.2) is 29.8 Å². The fraction of sp³-hybridized carbons (Fsp3) is 0.438. The van der Waals surface area contributed by atoms with Crippen LogP contribution >= 0.6 is 0 Å². The summed E-state index contributed by atoms with van der Waals surface area (Å²) >= 11 is 0. The summed E-state index contributed by atoms with van der Waals surface area (Å²) in [5, 5.41) is 9.52. The number of halogens is 1. The molecule has 1 fully saturated rings. The highest BCUT2D eigenvalue weighted by atomic mass is 32.2. The van der Waals surface area contributed by atoms with E-state index in [0.717, 1.165) is 31.2 Å². The van der Waals surface area contributed by atoms with E-state index in [1.165, 1.54) is 23.8 Å². The number of hydrogen-bond donors (Lipinski definition) is 0. The van der Waals surface area contributed by atoms with Crippen LogP contribution in [0, 0.1) is 17.1 Å². The Kier molecular flexibility index (Phi) is 3.71. The Hall–Kier alpha value is -1.47. The van der Waals surface area contributed by atoms with Gasteiger partial charge in [0.05, 0.1) is 16.9 Å². The van der Waals surface area contributed by atoms with E-state index in [4.69, 9.17) is 5.26 Å². The van der Waals surface area contributed by atoms with Gasteiger partial charge in [0.15, 0.2) is 0 Å². The van der Waals surface area contributed by atoms with E-state index in [0.29, 0.717) is 12.0 Å². The van der Waals surface area contributed by atoms with Crippen LogP contribution in [0.4, 0.5) is 4.39 Å². The smallest absolute Gasteiger partial charge is 0.123 e. The average molecular weight is 289 g/mol. The minimum absolute atomic E-state index is 0.164. The van der Waals surface area contributed by atoms with E-state index in [-0.39, 0.29) is 16.3 Å². The molecule has 2 aliphatic rings. The van der Waals surface area contributed by atoms with Crippen LogP contribution in [-0.2, 0) is 17.2 Å². The maximum Gasteiger partial charge on any atom is 0.123 e. The standard InChI is InChI=1S/C16H16FNOS/c17-14-5-4-12(10-18)13(9-14)6-11-7-15-2-1-3-16(8-11)20(15)19/h4-5,7,9,15-16H,1-3,6,8H2. The number of benzene rings is 1. The average Bonchev–Trinajstić information content (AvgIpc) is 2.40. The lowest BCUT2D eigenvalue weighted by molar-refractivity contribution is 0.563. The second kappa shape index (κ2) is 5.49. The summed E-state index contributed by atoms with van der Waals surface area (Å²) in [4.78, 5) is 0. The van der Waals surface area contributed by atoms with Crippen LogP contribution in [0.3, 0.4) is 0 Å². The van der Waals surface area contributed by atoms with Gasteiger partial charge in [-0.25, -0.2) is 4.39 Å². The highest BCUT2D eigenvalue weighted by Crippen LogP contribution is 2.34. The molecule has 2 nitrogen and oxygen atoms in total. The molecule has 104 valence electrons. The predicted molar refractivity (Wildman–Crippen MR) is 77.1 cm³/mol. The SMILES string of the molecule is N#Cc1ccc(F)cc1CC1=CC2CCCC(C1)S2=O. The number of hydrogen-bond acceptors (Lipinski definition) is 2. The Bertz CT molecular complexity index is 632. The molecule has 0 aliphatic carbocycles. The predicted octanol–water partition coefficient (Wildman–Crippen LogP) is 3.24. The summed E-state index contributed by atoms with van der Waals surface area (Å²) in [7, 11) is -0.742. The Morgan fingerprint density at radius 3 is 3.00 bits per heavy atom. The third-order valence-electron chi connectivity index (χ3n) is 4.16. The Labute approximate surface area is 120 Å². The van der Waals surface area contributed by atoms with E-state index in [1.54, 1.807) is 0 Å². The molecular weight excluding hydrogens is 273 g/mol. The summed E-state index contributed by atoms with van der Waals surface area (Å²) in [5.41, 5.74) is 2.48. The summed E-state index contributed by atoms with van der Waals surface area (Å²) in [6.45, 7) is 0. The zero-order valence-electron chi connectivity index (χ0n) is 11.1. The van der Waals surface area contributed by atoms with E-state index in [9.17, 15) is 8.60 Å². The molecule has 0 spiro atoms. The quantitative estimate of drug-likeness (QED) is 0.784. The fourth-order valence-corrected chi connectivity index (χ4v) is 5.17. The molecule has 0 N–H and O–H groups in total. The molecule has 0 aromatic heterocycles. The van der Waals surface area contributed by atoms with E-state index in [2.05, 4.69) is 12.1 Å². The van der Waals surface area contributed by atoms with Crippen molar-refractivity contribution in [3.05, 3.63) is 46.8 Å². The number of fused-ring (bicyclic) bond motifs is 2. The molecule has 2 aliphatic heterocycles. The maximum absolute atomic E-state index is 13.4. The van der Waals surface area contributed by atoms with Crippen LogP contribution in [0.5, 0.6) is 0 Å². The molecule has 1 saturated heterocycles. The number of allylic oxidation sites excluding steroid dienone is 1. The number of nitriles is 1. The van der Waals surface area contributed by atoms with Gasteiger partial charge in [0, 0.05) is 16.0 Å². The van der Waals surface area contributed by atoms with Crippen molar-refractivity contribution >= 4 is 10.8 Å². The van der Waals surface area contributed by atoms with Gasteiger partial charge < -0.3 is 0 Å². The van der Waals surface area contributed by atoms with Crippen molar-refractivity contribution in [2.45, 2.75) is 42.6 Å². The topological polar surface area (TPSA) is 40.9 Å². The van der Waals surface area contributed by atoms with Gasteiger partial charge in [-0.05, 0) is 49.4 Å². The van der Waals surface area contributed by atoms with Crippen molar-refractivity contribution in [3.63, 3.8) is 0 Å². The molecule has 1 aromatic rings. The van der Waals surface area contributed by atoms with E-state index in [1.807, 2.05) is 0 Å². The second-order valence-corrected chi connectivity index (χ2v) is 7.47. The first kappa shape index (κ1) is 13.5. The Morgan fingerprint density at radius 1 is 1.40 bits per heavy atom. The first-order valence-electron chi connectivity index (χ1n) is 6.95. The van der Waals surface area contributed by atoms with Gasteiger partial charge in [-0.3, -0.25) is 4.21 Å². The van der Waals surface area contributed by atoms with Gasteiger partial charge in [0.1, 0.15) is 5.82 Å². The van der Waals surface area contributed by atoms with Gasteiger partial charge in [-0.15, -0.1) is 0 Å². The highest BCUT2D eigenvalue weighted by Gasteiger charge is 2.33. The maximum atomic E-state index is 13.4. The van der Waals surface area contributed by atoms with Crippen molar-refractivity contribution in [1.82, 2.24) is 0 Å². The van der Waals surface area contributed by atoms with Crippen LogP contribution in [0.25, 0.3) is 0 Å². The van der Waals surface area contributed by atoms with Gasteiger partial charge in [0.2, 0.25) is 0 Å². The van der Waals surface area contributed by atoms with Crippen molar-refractivity contribution in [3.8, 4) is 6.07 Å². The lowest BCUT2D eigenvalue weighted by atomic mass is 9.92. The first-order chi connectivity index (χ1) is 9.67. The molecule has 2 heterocycles. The molecule has 2 bridgehead atoms. The number of rotatable bonds is 2. The highest BCUT2D eigenvalue weighted by molar-refractivity contribution is 7.86. The summed E-state index contributed by atoms with van der Waals surface area (Å²) in [6, 6.07) is 6.42. The van der Waals surface area contributed by atoms with Gasteiger partial charge in [-0.1, -0.05) is 18.1 Å². The Morgan fingerprint density at radius 2 is 2.25 bits per heavy atom.